The summed E-state index contributed by atoms with van der Waals surface area (Å²) in [5.41, 5.74) is 13.6. The predicted octanol–water partition coefficient (Wildman–Crippen LogP) is 1.80. The number of nitrogens with one attached hydrogen (secondary N) is 4. The van der Waals surface area contributed by atoms with Crippen LogP contribution in [0.1, 0.15) is 65.4 Å². The molecule has 9 N–H and O–H groups in total. The summed E-state index contributed by atoms with van der Waals surface area (Å²) in [5.74, 6) is -2.91. The molecule has 1 aromatic heterocycles. The van der Waals surface area contributed by atoms with E-state index in [0.29, 0.717) is 32.2 Å². The normalized spacial score (nSPS) is 15.2. The zero-order chi connectivity index (χ0) is 29.8. The van der Waals surface area contributed by atoms with Crippen LogP contribution in [0.25, 0.3) is 10.9 Å². The maximum Gasteiger partial charge on any atom is 0.326 e. The van der Waals surface area contributed by atoms with Gasteiger partial charge in [0.1, 0.15) is 18.1 Å². The van der Waals surface area contributed by atoms with Crippen LogP contribution in [0.3, 0.4) is 0 Å². The highest BCUT2D eigenvalue weighted by Gasteiger charge is 2.32. The molecule has 1 heterocycles. The highest BCUT2D eigenvalue weighted by atomic mass is 16.4. The third-order valence-electron chi connectivity index (χ3n) is 7.15. The first-order chi connectivity index (χ1) is 19.0. The molecule has 0 bridgehead atoms. The van der Waals surface area contributed by atoms with Crippen molar-refractivity contribution in [3.63, 3.8) is 0 Å². The van der Waals surface area contributed by atoms with Crippen molar-refractivity contribution >= 4 is 34.6 Å². The molecular formula is C29H46N6O5. The van der Waals surface area contributed by atoms with E-state index in [-0.39, 0.29) is 24.7 Å². The Morgan fingerprint density at radius 3 is 2.25 bits per heavy atom. The van der Waals surface area contributed by atoms with Crippen molar-refractivity contribution in [3.8, 4) is 0 Å². The van der Waals surface area contributed by atoms with Crippen LogP contribution in [0.4, 0.5) is 0 Å². The second kappa shape index (κ2) is 16.0. The van der Waals surface area contributed by atoms with Gasteiger partial charge in [-0.15, -0.1) is 0 Å². The highest BCUT2D eigenvalue weighted by Crippen LogP contribution is 2.19. The van der Waals surface area contributed by atoms with E-state index < -0.39 is 47.9 Å². The fourth-order valence-electron chi connectivity index (χ4n) is 4.58. The van der Waals surface area contributed by atoms with Crippen molar-refractivity contribution < 1.29 is 24.3 Å². The van der Waals surface area contributed by atoms with E-state index in [1.54, 1.807) is 0 Å². The van der Waals surface area contributed by atoms with Crippen LogP contribution in [0.15, 0.2) is 30.5 Å². The maximum absolute atomic E-state index is 13.4. The number of aliphatic carboxylic acids is 1. The molecule has 222 valence electrons. The first-order valence-electron chi connectivity index (χ1n) is 14.1. The smallest absolute Gasteiger partial charge is 0.326 e. The number of H-pyrrole nitrogens is 1. The van der Waals surface area contributed by atoms with Crippen LogP contribution in [-0.2, 0) is 25.6 Å². The van der Waals surface area contributed by atoms with Crippen LogP contribution < -0.4 is 27.4 Å². The molecule has 0 saturated heterocycles. The molecule has 2 aromatic rings. The molecule has 3 amide bonds. The molecule has 11 heteroatoms. The molecular weight excluding hydrogens is 512 g/mol. The predicted molar refractivity (Wildman–Crippen MR) is 155 cm³/mol. The third kappa shape index (κ3) is 9.63. The average molecular weight is 559 g/mol. The van der Waals surface area contributed by atoms with Gasteiger partial charge in [0.2, 0.25) is 17.7 Å². The van der Waals surface area contributed by atoms with E-state index in [0.717, 1.165) is 16.5 Å². The number of nitrogens with two attached hydrogens (primary N) is 2. The minimum atomic E-state index is -1.14. The number of aromatic amines is 1. The number of aromatic nitrogens is 1. The van der Waals surface area contributed by atoms with Gasteiger partial charge in [-0.2, -0.15) is 0 Å². The Morgan fingerprint density at radius 2 is 1.62 bits per heavy atom. The molecule has 0 aliphatic carbocycles. The lowest BCUT2D eigenvalue weighted by Crippen LogP contribution is -2.59. The summed E-state index contributed by atoms with van der Waals surface area (Å²) in [6.45, 7) is 7.98. The molecule has 2 rings (SSSR count). The standard InChI is InChI=1S/C29H46N6O5/c1-5-18(4)25(35-26(36)21(31)15-19-16-32-22-11-7-6-10-20(19)22)28(38)34-24(14-17(2)3)27(37)33-23(29(39)40)12-8-9-13-30/h6-7,10-11,16-18,21,23-25,32H,5,8-9,12-15,30-31H2,1-4H3,(H,33,37)(H,34,38)(H,35,36)(H,39,40). The molecule has 40 heavy (non-hydrogen) atoms. The zero-order valence-electron chi connectivity index (χ0n) is 24.0. The fraction of sp³-hybridized carbons (Fsp3) is 0.586. The summed E-state index contributed by atoms with van der Waals surface area (Å²) in [4.78, 5) is 54.5. The molecule has 1 aromatic carbocycles. The third-order valence-corrected chi connectivity index (χ3v) is 7.15. The number of unbranched alkanes of at least 4 members (excludes halogenated alkanes) is 1. The lowest BCUT2D eigenvalue weighted by Gasteiger charge is -2.28. The van der Waals surface area contributed by atoms with Crippen molar-refractivity contribution in [2.24, 2.45) is 23.3 Å². The molecule has 5 atom stereocenters. The molecule has 5 unspecified atom stereocenters. The van der Waals surface area contributed by atoms with E-state index in [4.69, 9.17) is 11.5 Å². The number of hydrogen-bond acceptors (Lipinski definition) is 6. The zero-order valence-corrected chi connectivity index (χ0v) is 24.0. The van der Waals surface area contributed by atoms with Gasteiger partial charge in [0.25, 0.3) is 0 Å². The first kappa shape index (κ1) is 32.8. The number of para-hydroxylation sites is 1. The Morgan fingerprint density at radius 1 is 0.950 bits per heavy atom. The van der Waals surface area contributed by atoms with Crippen molar-refractivity contribution in [2.45, 2.75) is 90.4 Å². The summed E-state index contributed by atoms with van der Waals surface area (Å²) in [5, 5.41) is 18.7. The number of rotatable bonds is 17. The quantitative estimate of drug-likeness (QED) is 0.144. The monoisotopic (exact) mass is 558 g/mol. The highest BCUT2D eigenvalue weighted by molar-refractivity contribution is 5.94. The number of carbonyl (C=O) groups is 4. The Kier molecular flexibility index (Phi) is 13.1. The second-order valence-electron chi connectivity index (χ2n) is 10.9. The summed E-state index contributed by atoms with van der Waals surface area (Å²) in [7, 11) is 0. The summed E-state index contributed by atoms with van der Waals surface area (Å²) in [6.07, 6.45) is 4.43. The van der Waals surface area contributed by atoms with Gasteiger partial charge in [0, 0.05) is 17.1 Å². The van der Waals surface area contributed by atoms with E-state index in [2.05, 4.69) is 20.9 Å². The van der Waals surface area contributed by atoms with Crippen LogP contribution in [0.5, 0.6) is 0 Å². The molecule has 0 fully saturated rings. The summed E-state index contributed by atoms with van der Waals surface area (Å²) >= 11 is 0. The first-order valence-corrected chi connectivity index (χ1v) is 14.1. The van der Waals surface area contributed by atoms with Gasteiger partial charge in [-0.25, -0.2) is 4.79 Å². The number of amides is 3. The van der Waals surface area contributed by atoms with E-state index in [1.165, 1.54) is 0 Å². The average Bonchev–Trinajstić information content (AvgIpc) is 3.32. The summed E-state index contributed by atoms with van der Waals surface area (Å²) in [6, 6.07) is 3.86. The van der Waals surface area contributed by atoms with Gasteiger partial charge in [-0.1, -0.05) is 52.3 Å². The largest absolute Gasteiger partial charge is 0.480 e. The van der Waals surface area contributed by atoms with Crippen molar-refractivity contribution in [2.75, 3.05) is 6.54 Å². The lowest BCUT2D eigenvalue weighted by atomic mass is 9.96. The van der Waals surface area contributed by atoms with E-state index in [1.807, 2.05) is 58.2 Å². The maximum atomic E-state index is 13.4. The second-order valence-corrected chi connectivity index (χ2v) is 10.9. The molecule has 0 aliphatic rings. The van der Waals surface area contributed by atoms with Crippen LogP contribution in [0.2, 0.25) is 0 Å². The Labute approximate surface area is 236 Å². The van der Waals surface area contributed by atoms with Crippen molar-refractivity contribution in [1.82, 2.24) is 20.9 Å². The Bertz CT molecular complexity index is 1130. The fourth-order valence-corrected chi connectivity index (χ4v) is 4.58. The number of carboxylic acids is 1. The Hall–Kier alpha value is -3.44. The lowest BCUT2D eigenvalue weighted by molar-refractivity contribution is -0.142. The van der Waals surface area contributed by atoms with Crippen molar-refractivity contribution in [3.05, 3.63) is 36.0 Å². The van der Waals surface area contributed by atoms with E-state index in [9.17, 15) is 24.3 Å². The molecule has 0 saturated carbocycles. The van der Waals surface area contributed by atoms with Crippen LogP contribution in [-0.4, -0.2) is 64.5 Å². The number of carboxylic acid groups (broad SMARTS) is 1. The van der Waals surface area contributed by atoms with E-state index >= 15 is 0 Å². The van der Waals surface area contributed by atoms with Crippen LogP contribution >= 0.6 is 0 Å². The van der Waals surface area contributed by atoms with Gasteiger partial charge in [-0.3, -0.25) is 14.4 Å². The van der Waals surface area contributed by atoms with Gasteiger partial charge in [0.15, 0.2) is 0 Å². The minimum absolute atomic E-state index is 0.0396. The van der Waals surface area contributed by atoms with Gasteiger partial charge >= 0.3 is 5.97 Å². The molecule has 0 aliphatic heterocycles. The van der Waals surface area contributed by atoms with Gasteiger partial charge < -0.3 is 37.5 Å². The topological polar surface area (TPSA) is 192 Å². The molecule has 0 spiro atoms. The SMILES string of the molecule is CCC(C)C(NC(=O)C(N)Cc1c[nH]c2ccccc12)C(=O)NC(CC(C)C)C(=O)NC(CCCCN)C(=O)O. The number of fused-ring (bicyclic) bond motifs is 1. The van der Waals surface area contributed by atoms with Gasteiger partial charge in [0.05, 0.1) is 6.04 Å². The number of hydrogen-bond donors (Lipinski definition) is 7. The van der Waals surface area contributed by atoms with Gasteiger partial charge in [-0.05, 0) is 62.1 Å². The minimum Gasteiger partial charge on any atom is -0.480 e. The Balaban J connectivity index is 2.12. The number of benzene rings is 1. The summed E-state index contributed by atoms with van der Waals surface area (Å²) < 4.78 is 0. The number of carbonyl (C=O) groups excluding carboxylic acids is 3. The molecule has 0 radical (unpaired) electrons. The van der Waals surface area contributed by atoms with Crippen molar-refractivity contribution in [1.29, 1.82) is 0 Å². The molecule has 11 nitrogen and oxygen atoms in total. The van der Waals surface area contributed by atoms with Crippen LogP contribution in [0, 0.1) is 11.8 Å².